The molecule has 12 heavy (non-hydrogen) atoms. The summed E-state index contributed by atoms with van der Waals surface area (Å²) in [5.41, 5.74) is 0. The second-order valence-corrected chi connectivity index (χ2v) is 5.17. The van der Waals surface area contributed by atoms with E-state index in [-0.39, 0.29) is 11.8 Å². The van der Waals surface area contributed by atoms with Crippen LogP contribution in [0.5, 0.6) is 0 Å². The van der Waals surface area contributed by atoms with Gasteiger partial charge in [0, 0.05) is 17.5 Å². The van der Waals surface area contributed by atoms with Gasteiger partial charge in [-0.3, -0.25) is 0 Å². The minimum absolute atomic E-state index is 0.0185. The van der Waals surface area contributed by atoms with Gasteiger partial charge in [0.1, 0.15) is 0 Å². The fraction of sp³-hybridized carbons (Fsp3) is 0.750. The van der Waals surface area contributed by atoms with Crippen molar-refractivity contribution >= 4 is 9.84 Å². The van der Waals surface area contributed by atoms with Crippen molar-refractivity contribution in [1.82, 2.24) is 5.32 Å². The van der Waals surface area contributed by atoms with Crippen LogP contribution in [0.3, 0.4) is 0 Å². The Labute approximate surface area is 73.8 Å². The molecule has 0 aromatic carbocycles. The highest BCUT2D eigenvalue weighted by Gasteiger charge is 2.21. The highest BCUT2D eigenvalue weighted by Crippen LogP contribution is 2.08. The molecule has 1 N–H and O–H groups in total. The van der Waals surface area contributed by atoms with Crippen molar-refractivity contribution in [2.75, 3.05) is 5.75 Å². The quantitative estimate of drug-likeness (QED) is 0.710. The van der Waals surface area contributed by atoms with Gasteiger partial charge in [0.15, 0.2) is 9.84 Å². The summed E-state index contributed by atoms with van der Waals surface area (Å²) in [5.74, 6) is 0.220. The number of rotatable bonds is 3. The number of nitrogens with one attached hydrogen (secondary N) is 1. The van der Waals surface area contributed by atoms with Crippen LogP contribution in [0.15, 0.2) is 11.5 Å². The molecular weight excluding hydrogens is 174 g/mol. The maximum atomic E-state index is 11.0. The van der Waals surface area contributed by atoms with Crippen molar-refractivity contribution in [3.05, 3.63) is 11.5 Å². The van der Waals surface area contributed by atoms with Crippen LogP contribution in [0.4, 0.5) is 0 Å². The Morgan fingerprint density at radius 2 is 2.33 bits per heavy atom. The zero-order valence-corrected chi connectivity index (χ0v) is 8.26. The van der Waals surface area contributed by atoms with E-state index in [0.717, 1.165) is 6.42 Å². The van der Waals surface area contributed by atoms with Gasteiger partial charge in [0.2, 0.25) is 0 Å². The van der Waals surface area contributed by atoms with Gasteiger partial charge >= 0.3 is 0 Å². The molecule has 4 heteroatoms. The van der Waals surface area contributed by atoms with Gasteiger partial charge in [-0.15, -0.1) is 0 Å². The van der Waals surface area contributed by atoms with Crippen LogP contribution in [0.1, 0.15) is 20.3 Å². The zero-order chi connectivity index (χ0) is 9.19. The van der Waals surface area contributed by atoms with Gasteiger partial charge in [-0.05, 0) is 13.3 Å². The average molecular weight is 189 g/mol. The number of sulfone groups is 1. The van der Waals surface area contributed by atoms with Crippen LogP contribution in [-0.2, 0) is 9.84 Å². The Bertz CT molecular complexity index is 269. The molecule has 0 aromatic heterocycles. The van der Waals surface area contributed by atoms with Gasteiger partial charge in [-0.25, -0.2) is 8.42 Å². The van der Waals surface area contributed by atoms with E-state index in [1.807, 2.05) is 0 Å². The summed E-state index contributed by atoms with van der Waals surface area (Å²) in [4.78, 5) is 0. The van der Waals surface area contributed by atoms with Gasteiger partial charge < -0.3 is 5.32 Å². The summed E-state index contributed by atoms with van der Waals surface area (Å²) in [6, 6.07) is 0.401. The van der Waals surface area contributed by atoms with Gasteiger partial charge in [0.25, 0.3) is 0 Å². The van der Waals surface area contributed by atoms with Crippen molar-refractivity contribution < 1.29 is 8.42 Å². The van der Waals surface area contributed by atoms with Crippen LogP contribution in [0.25, 0.3) is 0 Å². The number of hydrogen-bond donors (Lipinski definition) is 1. The molecule has 0 aromatic rings. The van der Waals surface area contributed by atoms with Gasteiger partial charge in [-0.1, -0.05) is 13.0 Å². The molecule has 0 amide bonds. The van der Waals surface area contributed by atoms with E-state index in [0.29, 0.717) is 6.04 Å². The third-order valence-electron chi connectivity index (χ3n) is 2.04. The van der Waals surface area contributed by atoms with Crippen molar-refractivity contribution in [3.8, 4) is 0 Å². The number of hydrogen-bond acceptors (Lipinski definition) is 3. The Morgan fingerprint density at radius 1 is 1.67 bits per heavy atom. The molecular formula is C8H15NO2S. The standard InChI is InChI=1S/C8H15NO2S/c1-3-7(2)9-8-4-5-12(10,11)6-8/h4-5,7-9H,3,6H2,1-2H3. The highest BCUT2D eigenvalue weighted by atomic mass is 32.2. The van der Waals surface area contributed by atoms with Crippen LogP contribution < -0.4 is 5.32 Å². The second kappa shape index (κ2) is 3.58. The third kappa shape index (κ3) is 2.60. The minimum atomic E-state index is -2.89. The Kier molecular flexibility index (Phi) is 2.90. The molecule has 0 aliphatic carbocycles. The largest absolute Gasteiger partial charge is 0.307 e. The molecule has 1 aliphatic rings. The summed E-state index contributed by atoms with van der Waals surface area (Å²) in [6.45, 7) is 4.13. The summed E-state index contributed by atoms with van der Waals surface area (Å²) in [5, 5.41) is 4.52. The summed E-state index contributed by atoms with van der Waals surface area (Å²) < 4.78 is 22.0. The molecule has 1 rings (SSSR count). The first-order chi connectivity index (χ1) is 5.53. The molecule has 70 valence electrons. The average Bonchev–Trinajstić information content (AvgIpc) is 2.30. The van der Waals surface area contributed by atoms with Gasteiger partial charge in [-0.2, -0.15) is 0 Å². The van der Waals surface area contributed by atoms with E-state index in [9.17, 15) is 8.42 Å². The smallest absolute Gasteiger partial charge is 0.173 e. The molecule has 0 fully saturated rings. The molecule has 1 aliphatic heterocycles. The first-order valence-corrected chi connectivity index (χ1v) is 5.92. The van der Waals surface area contributed by atoms with E-state index in [1.165, 1.54) is 5.41 Å². The van der Waals surface area contributed by atoms with E-state index in [2.05, 4.69) is 19.2 Å². The predicted molar refractivity (Wildman–Crippen MR) is 49.6 cm³/mol. The Hall–Kier alpha value is -0.350. The molecule has 0 bridgehead atoms. The lowest BCUT2D eigenvalue weighted by atomic mass is 10.2. The summed E-state index contributed by atoms with van der Waals surface area (Å²) >= 11 is 0. The van der Waals surface area contributed by atoms with Crippen molar-refractivity contribution in [2.24, 2.45) is 0 Å². The van der Waals surface area contributed by atoms with Crippen molar-refractivity contribution in [2.45, 2.75) is 32.4 Å². The molecule has 0 spiro atoms. The highest BCUT2D eigenvalue weighted by molar-refractivity contribution is 7.94. The van der Waals surface area contributed by atoms with Crippen LogP contribution in [-0.4, -0.2) is 26.3 Å². The van der Waals surface area contributed by atoms with Crippen LogP contribution >= 0.6 is 0 Å². The Balaban J connectivity index is 2.45. The summed E-state index contributed by atoms with van der Waals surface area (Å²) in [6.07, 6.45) is 2.74. The fourth-order valence-corrected chi connectivity index (χ4v) is 2.41. The lowest BCUT2D eigenvalue weighted by Gasteiger charge is -2.15. The monoisotopic (exact) mass is 189 g/mol. The van der Waals surface area contributed by atoms with E-state index >= 15 is 0 Å². The van der Waals surface area contributed by atoms with Crippen molar-refractivity contribution in [3.63, 3.8) is 0 Å². The lowest BCUT2D eigenvalue weighted by molar-refractivity contribution is 0.505. The van der Waals surface area contributed by atoms with Crippen LogP contribution in [0, 0.1) is 0 Å². The molecule has 3 nitrogen and oxygen atoms in total. The minimum Gasteiger partial charge on any atom is -0.307 e. The van der Waals surface area contributed by atoms with Crippen LogP contribution in [0.2, 0.25) is 0 Å². The lowest BCUT2D eigenvalue weighted by Crippen LogP contribution is -2.36. The van der Waals surface area contributed by atoms with Gasteiger partial charge in [0.05, 0.1) is 5.75 Å². The first-order valence-electron chi connectivity index (χ1n) is 4.20. The second-order valence-electron chi connectivity index (χ2n) is 3.24. The van der Waals surface area contributed by atoms with Crippen molar-refractivity contribution in [1.29, 1.82) is 0 Å². The maximum Gasteiger partial charge on any atom is 0.173 e. The molecule has 2 atom stereocenters. The van der Waals surface area contributed by atoms with E-state index in [4.69, 9.17) is 0 Å². The SMILES string of the molecule is CCC(C)NC1C=CS(=O)(=O)C1. The molecule has 1 heterocycles. The predicted octanol–water partition coefficient (Wildman–Crippen LogP) is 0.685. The normalized spacial score (nSPS) is 29.0. The Morgan fingerprint density at radius 3 is 2.75 bits per heavy atom. The molecule has 0 saturated heterocycles. The van der Waals surface area contributed by atoms with E-state index in [1.54, 1.807) is 6.08 Å². The zero-order valence-electron chi connectivity index (χ0n) is 7.45. The molecule has 2 unspecified atom stereocenters. The molecule has 0 radical (unpaired) electrons. The molecule has 0 saturated carbocycles. The van der Waals surface area contributed by atoms with E-state index < -0.39 is 9.84 Å². The topological polar surface area (TPSA) is 46.2 Å². The third-order valence-corrected chi connectivity index (χ3v) is 3.44. The maximum absolute atomic E-state index is 11.0. The first kappa shape index (κ1) is 9.74. The fourth-order valence-electron chi connectivity index (χ4n) is 1.16. The summed E-state index contributed by atoms with van der Waals surface area (Å²) in [7, 11) is -2.89.